The van der Waals surface area contributed by atoms with Gasteiger partial charge in [-0.15, -0.1) is 11.3 Å². The summed E-state index contributed by atoms with van der Waals surface area (Å²) in [7, 11) is 0. The number of amides is 1. The first-order chi connectivity index (χ1) is 11.1. The number of aromatic nitrogens is 1. The molecule has 1 aromatic carbocycles. The number of carbonyl (C=O) groups excluding carboxylic acids is 1. The minimum Gasteiger partial charge on any atom is -0.508 e. The molecule has 3 rings (SSSR count). The first-order valence-corrected chi connectivity index (χ1v) is 8.78. The van der Waals surface area contributed by atoms with Crippen molar-refractivity contribution in [1.29, 1.82) is 0 Å². The molecule has 0 saturated carbocycles. The van der Waals surface area contributed by atoms with E-state index >= 15 is 0 Å². The molecule has 23 heavy (non-hydrogen) atoms. The highest BCUT2D eigenvalue weighted by molar-refractivity contribution is 8.18. The van der Waals surface area contributed by atoms with E-state index in [0.29, 0.717) is 21.7 Å². The van der Waals surface area contributed by atoms with Crippen molar-refractivity contribution in [3.63, 3.8) is 0 Å². The fourth-order valence-corrected chi connectivity index (χ4v) is 3.86. The van der Waals surface area contributed by atoms with Crippen molar-refractivity contribution < 1.29 is 9.90 Å². The number of allylic oxidation sites excluding steroid dienone is 1. The number of benzene rings is 1. The van der Waals surface area contributed by atoms with Gasteiger partial charge in [0.2, 0.25) is 5.13 Å². The van der Waals surface area contributed by atoms with Crippen molar-refractivity contribution in [2.75, 3.05) is 6.54 Å². The van der Waals surface area contributed by atoms with E-state index in [-0.39, 0.29) is 11.7 Å². The van der Waals surface area contributed by atoms with Gasteiger partial charge in [-0.05, 0) is 48.9 Å². The second kappa shape index (κ2) is 6.55. The first kappa shape index (κ1) is 15.8. The number of phenols is 1. The van der Waals surface area contributed by atoms with E-state index < -0.39 is 0 Å². The van der Waals surface area contributed by atoms with Crippen LogP contribution in [-0.4, -0.2) is 32.6 Å². The number of phenolic OH excluding ortho intramolecular Hbond substituents is 1. The summed E-state index contributed by atoms with van der Waals surface area (Å²) in [4.78, 5) is 23.6. The zero-order valence-electron chi connectivity index (χ0n) is 12.7. The van der Waals surface area contributed by atoms with Gasteiger partial charge in [0.25, 0.3) is 5.91 Å². The molecular weight excluding hydrogens is 330 g/mol. The first-order valence-electron chi connectivity index (χ1n) is 7.08. The van der Waals surface area contributed by atoms with E-state index in [0.717, 1.165) is 11.1 Å². The molecule has 0 bridgehead atoms. The molecule has 1 aliphatic rings. The van der Waals surface area contributed by atoms with Crippen LogP contribution in [0.4, 0.5) is 5.13 Å². The van der Waals surface area contributed by atoms with Crippen molar-refractivity contribution in [2.24, 2.45) is 4.99 Å². The Labute approximate surface area is 142 Å². The summed E-state index contributed by atoms with van der Waals surface area (Å²) in [6, 6.07) is 6.84. The smallest absolute Gasteiger partial charge is 0.267 e. The van der Waals surface area contributed by atoms with Crippen LogP contribution in [0.2, 0.25) is 0 Å². The number of aliphatic imine (C=N–C) groups is 1. The van der Waals surface area contributed by atoms with Crippen molar-refractivity contribution in [2.45, 2.75) is 13.8 Å². The van der Waals surface area contributed by atoms with Gasteiger partial charge in [0.15, 0.2) is 5.17 Å². The van der Waals surface area contributed by atoms with Gasteiger partial charge in [-0.3, -0.25) is 9.69 Å². The Morgan fingerprint density at radius 3 is 2.70 bits per heavy atom. The minimum atomic E-state index is -0.0432. The quantitative estimate of drug-likeness (QED) is 0.858. The average molecular weight is 345 g/mol. The van der Waals surface area contributed by atoms with Crippen LogP contribution in [0.15, 0.2) is 45.7 Å². The fraction of sp³-hybridized carbons (Fsp3) is 0.188. The van der Waals surface area contributed by atoms with Gasteiger partial charge in [0.05, 0.1) is 4.91 Å². The highest BCUT2D eigenvalue weighted by Gasteiger charge is 2.34. The van der Waals surface area contributed by atoms with Gasteiger partial charge >= 0.3 is 0 Å². The number of likely N-dealkylation sites (N-methyl/N-ethyl adjacent to an activating group) is 1. The number of nitrogens with zero attached hydrogens (tertiary/aromatic N) is 3. The van der Waals surface area contributed by atoms with E-state index in [1.807, 2.05) is 19.2 Å². The number of hydrogen-bond donors (Lipinski definition) is 1. The molecule has 2 heterocycles. The Bertz CT molecular complexity index is 780. The Morgan fingerprint density at radius 1 is 1.35 bits per heavy atom. The van der Waals surface area contributed by atoms with Gasteiger partial charge in [-0.1, -0.05) is 12.1 Å². The highest BCUT2D eigenvalue weighted by Crippen LogP contribution is 2.37. The number of thiazole rings is 1. The lowest BCUT2D eigenvalue weighted by Gasteiger charge is -2.11. The molecule has 0 atom stereocenters. The van der Waals surface area contributed by atoms with Crippen LogP contribution >= 0.6 is 23.1 Å². The number of thioether (sulfide) groups is 1. The second-order valence-electron chi connectivity index (χ2n) is 4.86. The SMILES string of the molecule is CCN1C(=O)/C(=C(\C)c2ccc(O)cc2)S/C1=N/c1nccs1. The predicted octanol–water partition coefficient (Wildman–Crippen LogP) is 3.86. The van der Waals surface area contributed by atoms with Gasteiger partial charge in [0, 0.05) is 18.1 Å². The normalized spacial score (nSPS) is 18.8. The van der Waals surface area contributed by atoms with Crippen LogP contribution in [0.3, 0.4) is 0 Å². The summed E-state index contributed by atoms with van der Waals surface area (Å²) in [5, 5.41) is 12.6. The third-order valence-corrected chi connectivity index (χ3v) is 5.28. The highest BCUT2D eigenvalue weighted by atomic mass is 32.2. The number of aromatic hydroxyl groups is 1. The number of amidine groups is 1. The summed E-state index contributed by atoms with van der Waals surface area (Å²) >= 11 is 2.80. The van der Waals surface area contributed by atoms with E-state index in [1.165, 1.54) is 23.1 Å². The number of hydrogen-bond acceptors (Lipinski definition) is 6. The average Bonchev–Trinajstić information content (AvgIpc) is 3.16. The van der Waals surface area contributed by atoms with E-state index in [4.69, 9.17) is 0 Å². The summed E-state index contributed by atoms with van der Waals surface area (Å²) < 4.78 is 0. The van der Waals surface area contributed by atoms with Crippen LogP contribution in [0, 0.1) is 0 Å². The zero-order chi connectivity index (χ0) is 16.4. The molecule has 1 fully saturated rings. The lowest BCUT2D eigenvalue weighted by molar-refractivity contribution is -0.122. The Hall–Kier alpha value is -2.12. The maximum Gasteiger partial charge on any atom is 0.267 e. The van der Waals surface area contributed by atoms with Crippen molar-refractivity contribution >= 4 is 44.9 Å². The number of rotatable bonds is 3. The summed E-state index contributed by atoms with van der Waals surface area (Å²) in [6.45, 7) is 4.39. The lowest BCUT2D eigenvalue weighted by atomic mass is 10.1. The third-order valence-electron chi connectivity index (χ3n) is 3.43. The van der Waals surface area contributed by atoms with E-state index in [9.17, 15) is 9.90 Å². The predicted molar refractivity (Wildman–Crippen MR) is 94.9 cm³/mol. The molecular formula is C16H15N3O2S2. The van der Waals surface area contributed by atoms with Gasteiger partial charge < -0.3 is 5.11 Å². The lowest BCUT2D eigenvalue weighted by Crippen LogP contribution is -2.28. The van der Waals surface area contributed by atoms with Crippen LogP contribution in [-0.2, 0) is 4.79 Å². The molecule has 0 spiro atoms. The molecule has 0 aliphatic carbocycles. The molecule has 1 saturated heterocycles. The topological polar surface area (TPSA) is 65.8 Å². The standard InChI is InChI=1S/C16H15N3O2S2/c1-3-19-14(21)13(10(2)11-4-6-12(20)7-5-11)23-16(19)18-15-17-8-9-22-15/h4-9,20H,3H2,1-2H3/b13-10-,18-16+. The maximum absolute atomic E-state index is 12.7. The maximum atomic E-state index is 12.7. The Balaban J connectivity index is 1.99. The largest absolute Gasteiger partial charge is 0.508 e. The van der Waals surface area contributed by atoms with Crippen LogP contribution < -0.4 is 0 Å². The molecule has 5 nitrogen and oxygen atoms in total. The third kappa shape index (κ3) is 3.16. The zero-order valence-corrected chi connectivity index (χ0v) is 14.3. The molecule has 0 unspecified atom stereocenters. The molecule has 0 radical (unpaired) electrons. The second-order valence-corrected chi connectivity index (χ2v) is 6.71. The summed E-state index contributed by atoms with van der Waals surface area (Å²) in [5.74, 6) is 0.163. The van der Waals surface area contributed by atoms with Crippen LogP contribution in [0.1, 0.15) is 19.4 Å². The molecule has 7 heteroatoms. The van der Waals surface area contributed by atoms with E-state index in [1.54, 1.807) is 35.4 Å². The van der Waals surface area contributed by atoms with Gasteiger partial charge in [0.1, 0.15) is 5.75 Å². The number of carbonyl (C=O) groups is 1. The molecule has 1 aromatic heterocycles. The monoisotopic (exact) mass is 345 g/mol. The molecule has 1 amide bonds. The Kier molecular flexibility index (Phi) is 4.49. The van der Waals surface area contributed by atoms with Gasteiger partial charge in [-0.25, -0.2) is 4.98 Å². The fourth-order valence-electron chi connectivity index (χ4n) is 2.19. The van der Waals surface area contributed by atoms with Crippen LogP contribution in [0.5, 0.6) is 5.75 Å². The Morgan fingerprint density at radius 2 is 2.09 bits per heavy atom. The van der Waals surface area contributed by atoms with Crippen molar-refractivity contribution in [3.8, 4) is 5.75 Å². The van der Waals surface area contributed by atoms with Crippen molar-refractivity contribution in [3.05, 3.63) is 46.3 Å². The molecule has 2 aromatic rings. The van der Waals surface area contributed by atoms with E-state index in [2.05, 4.69) is 9.98 Å². The van der Waals surface area contributed by atoms with Crippen LogP contribution in [0.25, 0.3) is 5.57 Å². The van der Waals surface area contributed by atoms with Gasteiger partial charge in [-0.2, -0.15) is 4.99 Å². The van der Waals surface area contributed by atoms with Crippen molar-refractivity contribution in [1.82, 2.24) is 9.88 Å². The summed E-state index contributed by atoms with van der Waals surface area (Å²) in [6.07, 6.45) is 1.69. The minimum absolute atomic E-state index is 0.0432. The molecule has 1 N–H and O–H groups in total. The molecule has 1 aliphatic heterocycles. The molecule has 118 valence electrons. The summed E-state index contributed by atoms with van der Waals surface area (Å²) in [5.41, 5.74) is 1.79.